The quantitative estimate of drug-likeness (QED) is 0.692. The predicted octanol–water partition coefficient (Wildman–Crippen LogP) is 2.11. The summed E-state index contributed by atoms with van der Waals surface area (Å²) in [7, 11) is 0. The molecule has 2 rings (SSSR count). The molecule has 0 atom stereocenters. The molecule has 1 heterocycles. The highest BCUT2D eigenvalue weighted by Gasteiger charge is 2.14. The van der Waals surface area contributed by atoms with Gasteiger partial charge in [-0.15, -0.1) is 0 Å². The van der Waals surface area contributed by atoms with Gasteiger partial charge in [-0.1, -0.05) is 23.5 Å². The van der Waals surface area contributed by atoms with E-state index >= 15 is 0 Å². The molecule has 2 aromatic rings. The van der Waals surface area contributed by atoms with Crippen LogP contribution in [0.25, 0.3) is 11.3 Å². The molecule has 0 fully saturated rings. The van der Waals surface area contributed by atoms with Gasteiger partial charge in [0.2, 0.25) is 0 Å². The standard InChI is InChI=1S/C14H16N2O3S/c1-9(2)19-13(17)7-16-12(8-20-14(16)18)10-3-5-11(15)6-4-10/h3-6,8-9H,7,15H2,1-2H3. The molecular weight excluding hydrogens is 276 g/mol. The largest absolute Gasteiger partial charge is 0.462 e. The molecule has 0 spiro atoms. The third kappa shape index (κ3) is 3.27. The average molecular weight is 292 g/mol. The van der Waals surface area contributed by atoms with Gasteiger partial charge in [0.1, 0.15) is 6.54 Å². The minimum absolute atomic E-state index is 0.0831. The Morgan fingerprint density at radius 1 is 1.35 bits per heavy atom. The molecule has 0 unspecified atom stereocenters. The molecule has 0 saturated heterocycles. The van der Waals surface area contributed by atoms with E-state index < -0.39 is 5.97 Å². The van der Waals surface area contributed by atoms with Gasteiger partial charge in [-0.05, 0) is 31.5 Å². The summed E-state index contributed by atoms with van der Waals surface area (Å²) in [6.45, 7) is 3.46. The summed E-state index contributed by atoms with van der Waals surface area (Å²) in [4.78, 5) is 23.4. The summed E-state index contributed by atoms with van der Waals surface area (Å²) in [5.41, 5.74) is 7.83. The number of hydrogen-bond donors (Lipinski definition) is 1. The number of rotatable bonds is 4. The van der Waals surface area contributed by atoms with Gasteiger partial charge in [0.25, 0.3) is 0 Å². The van der Waals surface area contributed by atoms with Crippen molar-refractivity contribution >= 4 is 23.0 Å². The van der Waals surface area contributed by atoms with Crippen LogP contribution in [0.15, 0.2) is 34.4 Å². The third-order valence-corrected chi connectivity index (χ3v) is 3.41. The molecule has 20 heavy (non-hydrogen) atoms. The van der Waals surface area contributed by atoms with Crippen molar-refractivity contribution in [3.63, 3.8) is 0 Å². The number of nitrogens with two attached hydrogens (primary N) is 1. The van der Waals surface area contributed by atoms with E-state index in [0.717, 1.165) is 16.9 Å². The normalized spacial score (nSPS) is 10.8. The van der Waals surface area contributed by atoms with Crippen molar-refractivity contribution in [2.45, 2.75) is 26.5 Å². The second kappa shape index (κ2) is 5.92. The molecule has 0 amide bonds. The summed E-state index contributed by atoms with van der Waals surface area (Å²) < 4.78 is 6.49. The van der Waals surface area contributed by atoms with E-state index in [9.17, 15) is 9.59 Å². The Labute approximate surface area is 120 Å². The van der Waals surface area contributed by atoms with Gasteiger partial charge >= 0.3 is 10.8 Å². The number of carbonyl (C=O) groups is 1. The average Bonchev–Trinajstić information content (AvgIpc) is 2.71. The van der Waals surface area contributed by atoms with Crippen molar-refractivity contribution in [3.05, 3.63) is 39.3 Å². The first-order valence-corrected chi connectivity index (χ1v) is 7.09. The monoisotopic (exact) mass is 292 g/mol. The first-order valence-electron chi connectivity index (χ1n) is 6.21. The highest BCUT2D eigenvalue weighted by Crippen LogP contribution is 2.21. The molecule has 1 aromatic heterocycles. The van der Waals surface area contributed by atoms with Crippen molar-refractivity contribution < 1.29 is 9.53 Å². The van der Waals surface area contributed by atoms with Crippen molar-refractivity contribution in [1.29, 1.82) is 0 Å². The van der Waals surface area contributed by atoms with Crippen molar-refractivity contribution in [3.8, 4) is 11.3 Å². The first-order chi connectivity index (χ1) is 9.47. The fraction of sp³-hybridized carbons (Fsp3) is 0.286. The summed E-state index contributed by atoms with van der Waals surface area (Å²) >= 11 is 1.06. The minimum atomic E-state index is -0.419. The van der Waals surface area contributed by atoms with Gasteiger partial charge < -0.3 is 10.5 Å². The fourth-order valence-corrected chi connectivity index (χ4v) is 2.55. The number of nitrogen functional groups attached to an aromatic ring is 1. The molecule has 0 aliphatic heterocycles. The summed E-state index contributed by atoms with van der Waals surface area (Å²) in [5, 5.41) is 1.73. The maximum Gasteiger partial charge on any atom is 0.326 e. The molecule has 0 aliphatic rings. The van der Waals surface area contributed by atoms with E-state index in [1.807, 2.05) is 12.1 Å². The van der Waals surface area contributed by atoms with Crippen LogP contribution in [0.3, 0.4) is 0 Å². The second-order valence-electron chi connectivity index (χ2n) is 4.63. The molecule has 0 radical (unpaired) electrons. The molecule has 0 saturated carbocycles. The smallest absolute Gasteiger partial charge is 0.326 e. The van der Waals surface area contributed by atoms with Gasteiger partial charge in [-0.2, -0.15) is 0 Å². The van der Waals surface area contributed by atoms with Crippen LogP contribution in [-0.4, -0.2) is 16.6 Å². The van der Waals surface area contributed by atoms with Crippen LogP contribution in [0.2, 0.25) is 0 Å². The topological polar surface area (TPSA) is 74.3 Å². The van der Waals surface area contributed by atoms with Gasteiger partial charge in [0.15, 0.2) is 0 Å². The van der Waals surface area contributed by atoms with Gasteiger partial charge in [0.05, 0.1) is 11.8 Å². The van der Waals surface area contributed by atoms with Crippen LogP contribution >= 0.6 is 11.3 Å². The Morgan fingerprint density at radius 2 is 2.00 bits per heavy atom. The van der Waals surface area contributed by atoms with E-state index in [1.54, 1.807) is 31.4 Å². The van der Waals surface area contributed by atoms with Gasteiger partial charge in [-0.25, -0.2) is 0 Å². The van der Waals surface area contributed by atoms with Gasteiger partial charge in [-0.3, -0.25) is 14.2 Å². The number of ether oxygens (including phenoxy) is 1. The lowest BCUT2D eigenvalue weighted by Crippen LogP contribution is -2.23. The number of nitrogens with zero attached hydrogens (tertiary/aromatic N) is 1. The molecule has 1 aromatic carbocycles. The zero-order chi connectivity index (χ0) is 14.7. The number of hydrogen-bond acceptors (Lipinski definition) is 5. The molecular formula is C14H16N2O3S. The molecule has 0 aliphatic carbocycles. The van der Waals surface area contributed by atoms with Crippen LogP contribution in [0, 0.1) is 0 Å². The minimum Gasteiger partial charge on any atom is -0.462 e. The van der Waals surface area contributed by atoms with Crippen molar-refractivity contribution in [1.82, 2.24) is 4.57 Å². The summed E-state index contributed by atoms with van der Waals surface area (Å²) in [5.74, 6) is -0.419. The van der Waals surface area contributed by atoms with Crippen LogP contribution in [0.4, 0.5) is 5.69 Å². The molecule has 106 valence electrons. The zero-order valence-corrected chi connectivity index (χ0v) is 12.1. The Bertz CT molecular complexity index is 656. The number of carbonyl (C=O) groups excluding carboxylic acids is 1. The maximum atomic E-state index is 11.9. The van der Waals surface area contributed by atoms with E-state index in [2.05, 4.69) is 0 Å². The van der Waals surface area contributed by atoms with E-state index in [1.165, 1.54) is 4.57 Å². The number of anilines is 1. The maximum absolute atomic E-state index is 11.9. The number of aromatic nitrogens is 1. The second-order valence-corrected chi connectivity index (χ2v) is 5.45. The Hall–Kier alpha value is -2.08. The lowest BCUT2D eigenvalue weighted by molar-refractivity contribution is -0.148. The number of benzene rings is 1. The van der Waals surface area contributed by atoms with Crippen molar-refractivity contribution in [2.24, 2.45) is 0 Å². The van der Waals surface area contributed by atoms with Crippen molar-refractivity contribution in [2.75, 3.05) is 5.73 Å². The number of esters is 1. The molecule has 5 nitrogen and oxygen atoms in total. The highest BCUT2D eigenvalue weighted by molar-refractivity contribution is 7.07. The summed E-state index contributed by atoms with van der Waals surface area (Å²) in [6.07, 6.45) is -0.197. The van der Waals surface area contributed by atoms with Crippen LogP contribution in [0.1, 0.15) is 13.8 Å². The van der Waals surface area contributed by atoms with Gasteiger partial charge in [0, 0.05) is 11.1 Å². The third-order valence-electron chi connectivity index (χ3n) is 2.64. The Kier molecular flexibility index (Phi) is 4.24. The fourth-order valence-electron chi connectivity index (χ4n) is 1.79. The predicted molar refractivity (Wildman–Crippen MR) is 79.7 cm³/mol. The van der Waals surface area contributed by atoms with E-state index in [0.29, 0.717) is 11.4 Å². The molecule has 0 bridgehead atoms. The van der Waals surface area contributed by atoms with Crippen LogP contribution in [0.5, 0.6) is 0 Å². The SMILES string of the molecule is CC(C)OC(=O)Cn1c(-c2ccc(N)cc2)csc1=O. The molecule has 6 heteroatoms. The van der Waals surface area contributed by atoms with Crippen LogP contribution < -0.4 is 10.6 Å². The van der Waals surface area contributed by atoms with E-state index in [-0.39, 0.29) is 17.5 Å². The van der Waals surface area contributed by atoms with E-state index in [4.69, 9.17) is 10.5 Å². The number of thiazole rings is 1. The zero-order valence-electron chi connectivity index (χ0n) is 11.3. The Morgan fingerprint density at radius 3 is 2.60 bits per heavy atom. The first kappa shape index (κ1) is 14.3. The Balaban J connectivity index is 2.30. The lowest BCUT2D eigenvalue weighted by Gasteiger charge is -2.10. The lowest BCUT2D eigenvalue weighted by atomic mass is 10.1. The highest BCUT2D eigenvalue weighted by atomic mass is 32.1. The molecule has 2 N–H and O–H groups in total. The summed E-state index contributed by atoms with van der Waals surface area (Å²) in [6, 6.07) is 7.16. The van der Waals surface area contributed by atoms with Crippen LogP contribution in [-0.2, 0) is 16.1 Å².